The van der Waals surface area contributed by atoms with Gasteiger partial charge in [0.2, 0.25) is 0 Å². The second-order valence-electron chi connectivity index (χ2n) is 6.88. The normalized spacial score (nSPS) is 14.0. The van der Waals surface area contributed by atoms with E-state index in [-0.39, 0.29) is 11.8 Å². The van der Waals surface area contributed by atoms with Crippen LogP contribution in [0.25, 0.3) is 10.1 Å². The van der Waals surface area contributed by atoms with Gasteiger partial charge in [0.15, 0.2) is 0 Å². The number of carbonyl (C=O) groups excluding carboxylic acids is 2. The second-order valence-corrected chi connectivity index (χ2v) is 9.19. The van der Waals surface area contributed by atoms with Gasteiger partial charge < -0.3 is 19.9 Å². The van der Waals surface area contributed by atoms with Crippen LogP contribution in [0, 0.1) is 0 Å². The van der Waals surface area contributed by atoms with Gasteiger partial charge in [-0.1, -0.05) is 0 Å². The van der Waals surface area contributed by atoms with Gasteiger partial charge >= 0.3 is 6.09 Å². The summed E-state index contributed by atoms with van der Waals surface area (Å²) in [5.41, 5.74) is 1.25. The molecule has 0 saturated carbocycles. The first kappa shape index (κ1) is 20.3. The Hall–Kier alpha value is -2.98. The maximum absolute atomic E-state index is 12.7. The predicted octanol–water partition coefficient (Wildman–Crippen LogP) is 3.77. The number of hydrogen-bond acceptors (Lipinski definition) is 5. The van der Waals surface area contributed by atoms with Gasteiger partial charge in [0.25, 0.3) is 11.8 Å². The lowest BCUT2D eigenvalue weighted by Gasteiger charge is -2.25. The summed E-state index contributed by atoms with van der Waals surface area (Å²) in [5, 5.41) is 14.8. The van der Waals surface area contributed by atoms with Gasteiger partial charge in [-0.15, -0.1) is 11.3 Å². The highest BCUT2D eigenvalue weighted by Gasteiger charge is 2.20. The molecule has 4 rings (SSSR count). The molecule has 0 aliphatic carbocycles. The average Bonchev–Trinajstić information content (AvgIpc) is 3.30. The van der Waals surface area contributed by atoms with Gasteiger partial charge in [-0.3, -0.25) is 14.9 Å². The van der Waals surface area contributed by atoms with E-state index in [0.29, 0.717) is 21.9 Å². The van der Waals surface area contributed by atoms with E-state index in [4.69, 9.17) is 5.11 Å². The van der Waals surface area contributed by atoms with Gasteiger partial charge in [-0.25, -0.2) is 4.79 Å². The van der Waals surface area contributed by atoms with E-state index in [1.54, 1.807) is 17.7 Å². The first-order valence-corrected chi connectivity index (χ1v) is 11.3. The minimum atomic E-state index is -1.19. The molecular weight excluding hydrogens is 424 g/mol. The van der Waals surface area contributed by atoms with Crippen LogP contribution in [0.5, 0.6) is 0 Å². The van der Waals surface area contributed by atoms with Gasteiger partial charge in [0, 0.05) is 48.2 Å². The topological polar surface area (TPSA) is 104 Å². The quantitative estimate of drug-likeness (QED) is 0.568. The van der Waals surface area contributed by atoms with Crippen LogP contribution in [0.15, 0.2) is 36.5 Å². The van der Waals surface area contributed by atoms with Crippen molar-refractivity contribution in [3.05, 3.63) is 47.1 Å². The molecule has 1 fully saturated rings. The number of thioether (sulfide) groups is 1. The Morgan fingerprint density at radius 3 is 2.53 bits per heavy atom. The number of thiophene rings is 1. The summed E-state index contributed by atoms with van der Waals surface area (Å²) >= 11 is 3.32. The van der Waals surface area contributed by atoms with Crippen LogP contribution in [0.2, 0.25) is 0 Å². The highest BCUT2D eigenvalue weighted by molar-refractivity contribution is 7.99. The summed E-state index contributed by atoms with van der Waals surface area (Å²) in [7, 11) is 1.67. The van der Waals surface area contributed by atoms with E-state index in [9.17, 15) is 14.4 Å². The number of anilines is 2. The van der Waals surface area contributed by atoms with Crippen molar-refractivity contribution in [3.63, 3.8) is 0 Å². The summed E-state index contributed by atoms with van der Waals surface area (Å²) in [4.78, 5) is 38.7. The molecule has 0 spiro atoms. The molecular formula is C20H20N4O4S2. The molecule has 3 heterocycles. The van der Waals surface area contributed by atoms with Crippen molar-refractivity contribution in [2.45, 2.75) is 0 Å². The lowest BCUT2D eigenvalue weighted by Crippen LogP contribution is -2.37. The Labute approximate surface area is 180 Å². The number of carboxylic acid groups (broad SMARTS) is 1. The van der Waals surface area contributed by atoms with Crippen molar-refractivity contribution in [1.29, 1.82) is 0 Å². The Kier molecular flexibility index (Phi) is 5.69. The Balaban J connectivity index is 1.51. The average molecular weight is 445 g/mol. The Morgan fingerprint density at radius 1 is 1.03 bits per heavy atom. The Bertz CT molecular complexity index is 1130. The number of aromatic nitrogens is 1. The van der Waals surface area contributed by atoms with Crippen LogP contribution < -0.4 is 10.6 Å². The number of carbonyl (C=O) groups is 3. The van der Waals surface area contributed by atoms with Gasteiger partial charge in [0.1, 0.15) is 5.69 Å². The van der Waals surface area contributed by atoms with E-state index < -0.39 is 6.09 Å². The number of nitrogens with one attached hydrogen (secondary N) is 2. The monoisotopic (exact) mass is 444 g/mol. The first-order chi connectivity index (χ1) is 14.4. The minimum Gasteiger partial charge on any atom is -0.465 e. The third kappa shape index (κ3) is 4.29. The van der Waals surface area contributed by atoms with Crippen LogP contribution in [0.3, 0.4) is 0 Å². The van der Waals surface area contributed by atoms with E-state index in [2.05, 4.69) is 10.6 Å². The fraction of sp³-hybridized carbons (Fsp3) is 0.250. The molecule has 1 aromatic carbocycles. The standard InChI is InChI=1S/C20H20N4O4S2/c1-23-11-14(22-20(27)28)10-15(23)18(25)21-13-2-3-16-12(8-13)9-17(30-16)19(26)24-4-6-29-7-5-24/h2-3,8-11,22H,4-7H2,1H3,(H,21,25)(H,27,28). The maximum Gasteiger partial charge on any atom is 0.409 e. The molecule has 3 amide bonds. The summed E-state index contributed by atoms with van der Waals surface area (Å²) in [6, 6.07) is 8.87. The number of amides is 3. The fourth-order valence-electron chi connectivity index (χ4n) is 3.33. The van der Waals surface area contributed by atoms with Gasteiger partial charge in [-0.2, -0.15) is 11.8 Å². The number of benzene rings is 1. The predicted molar refractivity (Wildman–Crippen MR) is 120 cm³/mol. The van der Waals surface area contributed by atoms with Crippen LogP contribution in [0.4, 0.5) is 16.2 Å². The van der Waals surface area contributed by atoms with Crippen molar-refractivity contribution >= 4 is 62.5 Å². The zero-order valence-corrected chi connectivity index (χ0v) is 17.8. The molecule has 0 unspecified atom stereocenters. The first-order valence-electron chi connectivity index (χ1n) is 9.29. The summed E-state index contributed by atoms with van der Waals surface area (Å²) in [5.74, 6) is 1.64. The van der Waals surface area contributed by atoms with Gasteiger partial charge in [-0.05, 0) is 35.7 Å². The Morgan fingerprint density at radius 2 is 1.80 bits per heavy atom. The molecule has 1 aliphatic rings. The highest BCUT2D eigenvalue weighted by Crippen LogP contribution is 2.30. The zero-order valence-electron chi connectivity index (χ0n) is 16.2. The van der Waals surface area contributed by atoms with E-state index in [1.165, 1.54) is 23.6 Å². The van der Waals surface area contributed by atoms with E-state index in [1.807, 2.05) is 34.9 Å². The summed E-state index contributed by atoms with van der Waals surface area (Å²) < 4.78 is 2.53. The lowest BCUT2D eigenvalue weighted by atomic mass is 10.2. The van der Waals surface area contributed by atoms with Crippen molar-refractivity contribution in [3.8, 4) is 0 Å². The molecule has 1 saturated heterocycles. The number of hydrogen-bond donors (Lipinski definition) is 3. The molecule has 3 aromatic rings. The smallest absolute Gasteiger partial charge is 0.409 e. The van der Waals surface area contributed by atoms with Crippen LogP contribution in [-0.4, -0.2) is 57.1 Å². The van der Waals surface area contributed by atoms with Crippen molar-refractivity contribution in [2.24, 2.45) is 7.05 Å². The third-order valence-electron chi connectivity index (χ3n) is 4.77. The number of rotatable bonds is 4. The lowest BCUT2D eigenvalue weighted by molar-refractivity contribution is 0.0777. The minimum absolute atomic E-state index is 0.0596. The summed E-state index contributed by atoms with van der Waals surface area (Å²) in [6.45, 7) is 1.54. The van der Waals surface area contributed by atoms with Crippen molar-refractivity contribution in [1.82, 2.24) is 9.47 Å². The van der Waals surface area contributed by atoms with Crippen molar-refractivity contribution < 1.29 is 19.5 Å². The van der Waals surface area contributed by atoms with Gasteiger partial charge in [0.05, 0.1) is 10.6 Å². The molecule has 8 nitrogen and oxygen atoms in total. The third-order valence-corrected chi connectivity index (χ3v) is 6.82. The molecule has 0 radical (unpaired) electrons. The van der Waals surface area contributed by atoms with Crippen LogP contribution >= 0.6 is 23.1 Å². The molecule has 2 aromatic heterocycles. The van der Waals surface area contributed by atoms with Crippen molar-refractivity contribution in [2.75, 3.05) is 35.2 Å². The van der Waals surface area contributed by atoms with E-state index >= 15 is 0 Å². The number of nitrogens with zero attached hydrogens (tertiary/aromatic N) is 2. The molecule has 10 heteroatoms. The molecule has 30 heavy (non-hydrogen) atoms. The molecule has 0 atom stereocenters. The largest absolute Gasteiger partial charge is 0.465 e. The fourth-order valence-corrected chi connectivity index (χ4v) is 5.24. The molecule has 1 aliphatic heterocycles. The van der Waals surface area contributed by atoms with Crippen LogP contribution in [0.1, 0.15) is 20.2 Å². The molecule has 0 bridgehead atoms. The molecule has 3 N–H and O–H groups in total. The molecule has 156 valence electrons. The maximum atomic E-state index is 12.7. The van der Waals surface area contributed by atoms with Crippen LogP contribution in [-0.2, 0) is 7.05 Å². The summed E-state index contributed by atoms with van der Waals surface area (Å²) in [6.07, 6.45) is 0.339. The van der Waals surface area contributed by atoms with E-state index in [0.717, 1.165) is 34.7 Å². The SMILES string of the molecule is Cn1cc(NC(=O)O)cc1C(=O)Nc1ccc2sc(C(=O)N3CCSCC3)cc2c1. The second kappa shape index (κ2) is 8.41. The number of fused-ring (bicyclic) bond motifs is 1. The zero-order chi connectivity index (χ0) is 21.3. The highest BCUT2D eigenvalue weighted by atomic mass is 32.2. The number of aryl methyl sites for hydroxylation is 1.